The van der Waals surface area contributed by atoms with Crippen LogP contribution < -0.4 is 15.4 Å². The van der Waals surface area contributed by atoms with Crippen LogP contribution in [0, 0.1) is 5.92 Å². The topological polar surface area (TPSA) is 112 Å². The number of nitrogens with zero attached hydrogens (tertiary/aromatic N) is 3. The van der Waals surface area contributed by atoms with E-state index >= 15 is 0 Å². The number of aromatic amines is 1. The van der Waals surface area contributed by atoms with Crippen LogP contribution in [0.1, 0.15) is 36.3 Å². The highest BCUT2D eigenvalue weighted by Crippen LogP contribution is 2.41. The Balaban J connectivity index is 1.53. The second-order valence-electron chi connectivity index (χ2n) is 8.60. The summed E-state index contributed by atoms with van der Waals surface area (Å²) in [5.74, 6) is 2.38. The highest BCUT2D eigenvalue weighted by molar-refractivity contribution is 6.02. The van der Waals surface area contributed by atoms with Gasteiger partial charge in [-0.05, 0) is 32.5 Å². The number of carbonyl (C=O) groups is 2. The summed E-state index contributed by atoms with van der Waals surface area (Å²) in [5.41, 5.74) is 1.94. The normalized spacial score (nSPS) is 18.7. The molecule has 1 saturated carbocycles. The highest BCUT2D eigenvalue weighted by Gasteiger charge is 2.36. The average molecular weight is 439 g/mol. The van der Waals surface area contributed by atoms with E-state index < -0.39 is 0 Å². The lowest BCUT2D eigenvalue weighted by Gasteiger charge is -2.29. The first kappa shape index (κ1) is 22.0. The van der Waals surface area contributed by atoms with Gasteiger partial charge in [0.05, 0.1) is 12.7 Å². The molecule has 1 aliphatic carbocycles. The smallest absolute Gasteiger partial charge is 0.257 e. The quantitative estimate of drug-likeness (QED) is 0.552. The molecule has 9 heteroatoms. The molecular weight excluding hydrogens is 408 g/mol. The van der Waals surface area contributed by atoms with E-state index in [1.54, 1.807) is 6.20 Å². The second-order valence-corrected chi connectivity index (χ2v) is 8.60. The highest BCUT2D eigenvalue weighted by atomic mass is 16.5. The van der Waals surface area contributed by atoms with Gasteiger partial charge >= 0.3 is 0 Å². The number of Topliss-reactive ketones (excluding diaryl/α,β-unsaturated/α-hetero) is 1. The molecule has 2 heterocycles. The van der Waals surface area contributed by atoms with E-state index in [0.717, 1.165) is 35.7 Å². The Morgan fingerprint density at radius 2 is 2.19 bits per heavy atom. The van der Waals surface area contributed by atoms with Gasteiger partial charge < -0.3 is 20.3 Å². The number of ether oxygens (including phenoxy) is 1. The van der Waals surface area contributed by atoms with Crippen molar-refractivity contribution in [2.75, 3.05) is 39.1 Å². The number of H-pyrrole nitrogens is 1. The van der Waals surface area contributed by atoms with E-state index in [-0.39, 0.29) is 30.1 Å². The molecule has 4 rings (SSSR count). The molecule has 9 nitrogen and oxygen atoms in total. The maximum atomic E-state index is 12.2. The fourth-order valence-electron chi connectivity index (χ4n) is 4.29. The van der Waals surface area contributed by atoms with Gasteiger partial charge in [0, 0.05) is 43.0 Å². The van der Waals surface area contributed by atoms with Crippen LogP contribution in [0.2, 0.25) is 0 Å². The fourth-order valence-corrected chi connectivity index (χ4v) is 4.29. The van der Waals surface area contributed by atoms with E-state index in [1.165, 1.54) is 0 Å². The predicted molar refractivity (Wildman–Crippen MR) is 122 cm³/mol. The Hall–Kier alpha value is -3.20. The lowest BCUT2D eigenvalue weighted by molar-refractivity contribution is -0.123. The number of rotatable bonds is 9. The molecule has 0 saturated heterocycles. The van der Waals surface area contributed by atoms with E-state index in [2.05, 4.69) is 20.8 Å². The van der Waals surface area contributed by atoms with Gasteiger partial charge in [0.2, 0.25) is 0 Å². The van der Waals surface area contributed by atoms with Crippen molar-refractivity contribution in [2.45, 2.75) is 31.7 Å². The van der Waals surface area contributed by atoms with Crippen LogP contribution >= 0.6 is 0 Å². The van der Waals surface area contributed by atoms with Gasteiger partial charge in [-0.15, -0.1) is 0 Å². The zero-order valence-corrected chi connectivity index (χ0v) is 18.6. The number of carbonyl (C=O) groups excluding carboxylic acids is 2. The maximum Gasteiger partial charge on any atom is 0.257 e. The van der Waals surface area contributed by atoms with Crippen LogP contribution in [0.4, 0.5) is 5.82 Å². The molecule has 2 unspecified atom stereocenters. The van der Waals surface area contributed by atoms with Crippen molar-refractivity contribution in [3.63, 3.8) is 0 Å². The maximum absolute atomic E-state index is 12.2. The van der Waals surface area contributed by atoms with Gasteiger partial charge in [-0.3, -0.25) is 19.7 Å². The molecule has 2 aromatic rings. The second kappa shape index (κ2) is 9.95. The lowest BCUT2D eigenvalue weighted by Crippen LogP contribution is -2.34. The first-order chi connectivity index (χ1) is 15.5. The molecule has 1 aromatic carbocycles. The number of aliphatic imine (C=N–C) groups is 1. The van der Waals surface area contributed by atoms with E-state index in [0.29, 0.717) is 31.7 Å². The minimum atomic E-state index is -0.163. The number of para-hydroxylation sites is 1. The summed E-state index contributed by atoms with van der Waals surface area (Å²) >= 11 is 0. The summed E-state index contributed by atoms with van der Waals surface area (Å²) < 4.78 is 5.96. The van der Waals surface area contributed by atoms with Gasteiger partial charge in [-0.2, -0.15) is 5.10 Å². The number of benzene rings is 1. The first-order valence-corrected chi connectivity index (χ1v) is 11.0. The zero-order valence-electron chi connectivity index (χ0n) is 18.6. The summed E-state index contributed by atoms with van der Waals surface area (Å²) in [6, 6.07) is 7.72. The Morgan fingerprint density at radius 1 is 1.34 bits per heavy atom. The third kappa shape index (κ3) is 5.16. The number of anilines is 1. The third-order valence-electron chi connectivity index (χ3n) is 5.93. The van der Waals surface area contributed by atoms with Crippen molar-refractivity contribution in [2.24, 2.45) is 10.9 Å². The van der Waals surface area contributed by atoms with Gasteiger partial charge in [0.15, 0.2) is 6.61 Å². The molecule has 2 aliphatic rings. The minimum Gasteiger partial charge on any atom is -0.483 e. The van der Waals surface area contributed by atoms with Crippen LogP contribution in [0.25, 0.3) is 0 Å². The molecule has 0 bridgehead atoms. The summed E-state index contributed by atoms with van der Waals surface area (Å²) in [7, 11) is 3.92. The number of hydrogen-bond donors (Lipinski definition) is 3. The molecule has 3 N–H and O–H groups in total. The molecule has 1 aliphatic heterocycles. The van der Waals surface area contributed by atoms with Crippen molar-refractivity contribution in [1.82, 2.24) is 20.4 Å². The van der Waals surface area contributed by atoms with E-state index in [1.807, 2.05) is 43.3 Å². The van der Waals surface area contributed by atoms with Gasteiger partial charge in [0.25, 0.3) is 5.91 Å². The third-order valence-corrected chi connectivity index (χ3v) is 5.93. The number of hydrogen-bond acceptors (Lipinski definition) is 7. The summed E-state index contributed by atoms with van der Waals surface area (Å²) in [5, 5.41) is 13.3. The molecule has 2 atom stereocenters. The van der Waals surface area contributed by atoms with Crippen LogP contribution in [0.3, 0.4) is 0 Å². The van der Waals surface area contributed by atoms with Crippen molar-refractivity contribution in [3.8, 4) is 5.75 Å². The minimum absolute atomic E-state index is 0.0641. The Kier molecular flexibility index (Phi) is 6.84. The van der Waals surface area contributed by atoms with Crippen molar-refractivity contribution in [1.29, 1.82) is 0 Å². The van der Waals surface area contributed by atoms with Crippen LogP contribution in [-0.2, 0) is 16.1 Å². The van der Waals surface area contributed by atoms with Gasteiger partial charge in [0.1, 0.15) is 23.2 Å². The number of ketones is 1. The van der Waals surface area contributed by atoms with Gasteiger partial charge in [-0.1, -0.05) is 18.2 Å². The van der Waals surface area contributed by atoms with Gasteiger partial charge in [-0.25, -0.2) is 0 Å². The average Bonchev–Trinajstić information content (AvgIpc) is 3.41. The molecule has 1 fully saturated rings. The van der Waals surface area contributed by atoms with E-state index in [9.17, 15) is 9.59 Å². The number of fused-ring (bicyclic) bond motifs is 1. The first-order valence-electron chi connectivity index (χ1n) is 11.0. The molecule has 0 spiro atoms. The standard InChI is InChI=1S/C23H30N6O3/c1-29(2)10-9-24-20(31)14-32-19-6-4-3-5-18(19)21(15-7-8-17(30)11-15)23-25-12-16-13-26-28-22(16)27-23/h3-6,13,15,21H,7-12,14H2,1-2H3,(H,24,31)(H2,25,26,27,28). The van der Waals surface area contributed by atoms with Crippen LogP contribution in [0.15, 0.2) is 35.5 Å². The van der Waals surface area contributed by atoms with Crippen molar-refractivity contribution in [3.05, 3.63) is 41.6 Å². The van der Waals surface area contributed by atoms with E-state index in [4.69, 9.17) is 9.73 Å². The van der Waals surface area contributed by atoms with Crippen molar-refractivity contribution < 1.29 is 14.3 Å². The fraction of sp³-hybridized carbons (Fsp3) is 0.478. The number of amidine groups is 1. The Labute approximate surface area is 187 Å². The van der Waals surface area contributed by atoms with Crippen LogP contribution in [0.5, 0.6) is 5.75 Å². The monoisotopic (exact) mass is 438 g/mol. The summed E-state index contributed by atoms with van der Waals surface area (Å²) in [6.07, 6.45) is 3.67. The Bertz CT molecular complexity index is 999. The number of nitrogens with one attached hydrogen (secondary N) is 3. The molecule has 1 amide bonds. The zero-order chi connectivity index (χ0) is 22.5. The molecule has 0 radical (unpaired) electrons. The predicted octanol–water partition coefficient (Wildman–Crippen LogP) is 1.94. The number of amides is 1. The Morgan fingerprint density at radius 3 is 2.97 bits per heavy atom. The summed E-state index contributed by atoms with van der Waals surface area (Å²) in [6.45, 7) is 1.80. The largest absolute Gasteiger partial charge is 0.483 e. The molecular formula is C23H30N6O3. The van der Waals surface area contributed by atoms with Crippen molar-refractivity contribution >= 4 is 23.3 Å². The molecule has 170 valence electrons. The lowest BCUT2D eigenvalue weighted by atomic mass is 9.82. The van der Waals surface area contributed by atoms with Crippen LogP contribution in [-0.4, -0.2) is 66.4 Å². The molecule has 32 heavy (non-hydrogen) atoms. The number of likely N-dealkylation sites (N-methyl/N-ethyl adjacent to an activating group) is 1. The SMILES string of the molecule is CN(C)CCNC(=O)COc1ccccc1C(C1=NCc2cn[nH]c2N1)C1CCC(=O)C1. The summed E-state index contributed by atoms with van der Waals surface area (Å²) in [4.78, 5) is 31.1. The number of aromatic nitrogens is 2. The molecule has 1 aromatic heterocycles.